The first-order chi connectivity index (χ1) is 15.9. The zero-order chi connectivity index (χ0) is 25.1. The SMILES string of the molecule is CN(CC(O)c1ccc(OS(=O)(=O)c2ccc(N3CCCC3=O)cc2)cc1)C(=O)OC(C)(C)C. The summed E-state index contributed by atoms with van der Waals surface area (Å²) in [6.07, 6.45) is -0.281. The zero-order valence-corrected chi connectivity index (χ0v) is 20.5. The highest BCUT2D eigenvalue weighted by Crippen LogP contribution is 2.26. The average molecular weight is 491 g/mol. The van der Waals surface area contributed by atoms with Gasteiger partial charge in [-0.2, -0.15) is 8.42 Å². The van der Waals surface area contributed by atoms with Crippen molar-refractivity contribution in [3.63, 3.8) is 0 Å². The summed E-state index contributed by atoms with van der Waals surface area (Å²) in [6.45, 7) is 5.88. The topological polar surface area (TPSA) is 113 Å². The van der Waals surface area contributed by atoms with Crippen molar-refractivity contribution in [2.45, 2.75) is 50.2 Å². The minimum Gasteiger partial charge on any atom is -0.444 e. The van der Waals surface area contributed by atoms with Gasteiger partial charge in [0.25, 0.3) is 0 Å². The Hall–Kier alpha value is -3.11. The lowest BCUT2D eigenvalue weighted by Crippen LogP contribution is -2.36. The predicted molar refractivity (Wildman–Crippen MR) is 126 cm³/mol. The number of benzene rings is 2. The van der Waals surface area contributed by atoms with Crippen LogP contribution in [-0.2, 0) is 19.6 Å². The molecule has 2 aromatic rings. The van der Waals surface area contributed by atoms with Crippen LogP contribution in [-0.4, -0.2) is 56.2 Å². The molecule has 0 aliphatic carbocycles. The number of hydrogen-bond acceptors (Lipinski definition) is 7. The summed E-state index contributed by atoms with van der Waals surface area (Å²) in [4.78, 5) is 26.8. The van der Waals surface area contributed by atoms with Crippen LogP contribution in [0.3, 0.4) is 0 Å². The fourth-order valence-corrected chi connectivity index (χ4v) is 4.34. The number of amides is 2. The largest absolute Gasteiger partial charge is 0.444 e. The Kier molecular flexibility index (Phi) is 7.52. The third-order valence-corrected chi connectivity index (χ3v) is 6.39. The molecular formula is C24H30N2O7S. The smallest absolute Gasteiger partial charge is 0.410 e. The quantitative estimate of drug-likeness (QED) is 0.591. The van der Waals surface area contributed by atoms with Crippen LogP contribution >= 0.6 is 0 Å². The van der Waals surface area contributed by atoms with E-state index in [1.807, 2.05) is 0 Å². The van der Waals surface area contributed by atoms with Crippen molar-refractivity contribution >= 4 is 27.8 Å². The van der Waals surface area contributed by atoms with Gasteiger partial charge in [0.15, 0.2) is 0 Å². The van der Waals surface area contributed by atoms with E-state index in [-0.39, 0.29) is 23.1 Å². The van der Waals surface area contributed by atoms with Gasteiger partial charge in [-0.3, -0.25) is 4.79 Å². The number of rotatable bonds is 7. The normalized spacial score (nSPS) is 15.2. The second kappa shape index (κ2) is 10.0. The molecule has 2 aromatic carbocycles. The molecule has 10 heteroatoms. The maximum absolute atomic E-state index is 12.6. The molecule has 2 amide bonds. The van der Waals surface area contributed by atoms with Crippen molar-refractivity contribution in [2.24, 2.45) is 0 Å². The van der Waals surface area contributed by atoms with E-state index in [1.165, 1.54) is 48.3 Å². The van der Waals surface area contributed by atoms with Crippen molar-refractivity contribution in [1.82, 2.24) is 4.90 Å². The van der Waals surface area contributed by atoms with E-state index in [4.69, 9.17) is 8.92 Å². The molecule has 1 N–H and O–H groups in total. The molecule has 0 saturated carbocycles. The Balaban J connectivity index is 1.62. The van der Waals surface area contributed by atoms with Crippen LogP contribution in [0.5, 0.6) is 5.75 Å². The maximum Gasteiger partial charge on any atom is 0.410 e. The lowest BCUT2D eigenvalue weighted by Gasteiger charge is -2.26. The second-order valence-corrected chi connectivity index (χ2v) is 10.7. The van der Waals surface area contributed by atoms with Crippen LogP contribution in [0.15, 0.2) is 53.4 Å². The molecule has 1 aliphatic rings. The van der Waals surface area contributed by atoms with E-state index >= 15 is 0 Å². The van der Waals surface area contributed by atoms with Gasteiger partial charge in [0.2, 0.25) is 5.91 Å². The fourth-order valence-electron chi connectivity index (χ4n) is 3.41. The highest BCUT2D eigenvalue weighted by molar-refractivity contribution is 7.87. The Labute approximate surface area is 200 Å². The minimum atomic E-state index is -4.08. The van der Waals surface area contributed by atoms with E-state index < -0.39 is 27.9 Å². The number of likely N-dealkylation sites (N-methyl/N-ethyl adjacent to an activating group) is 1. The predicted octanol–water partition coefficient (Wildman–Crippen LogP) is 3.48. The molecule has 0 bridgehead atoms. The van der Waals surface area contributed by atoms with Crippen LogP contribution in [0.2, 0.25) is 0 Å². The van der Waals surface area contributed by atoms with Gasteiger partial charge in [0.05, 0.1) is 12.6 Å². The first-order valence-corrected chi connectivity index (χ1v) is 12.3. The molecule has 1 fully saturated rings. The average Bonchev–Trinajstić information content (AvgIpc) is 3.18. The van der Waals surface area contributed by atoms with Gasteiger partial charge in [-0.1, -0.05) is 12.1 Å². The maximum atomic E-state index is 12.6. The Bertz CT molecular complexity index is 1120. The van der Waals surface area contributed by atoms with Crippen LogP contribution in [0.25, 0.3) is 0 Å². The molecule has 1 aliphatic heterocycles. The van der Waals surface area contributed by atoms with Gasteiger partial charge < -0.3 is 23.8 Å². The standard InChI is InChI=1S/C24H30N2O7S/c1-24(2,3)32-23(29)25(4)16-21(27)17-7-11-19(12-8-17)33-34(30,31)20-13-9-18(10-14-20)26-15-5-6-22(26)28/h7-14,21,27H,5-6,15-16H2,1-4H3. The molecule has 34 heavy (non-hydrogen) atoms. The van der Waals surface area contributed by atoms with E-state index in [0.717, 1.165) is 6.42 Å². The summed E-state index contributed by atoms with van der Waals surface area (Å²) in [5.41, 5.74) is 0.489. The number of aliphatic hydroxyl groups is 1. The van der Waals surface area contributed by atoms with E-state index in [1.54, 1.807) is 37.8 Å². The highest BCUT2D eigenvalue weighted by Gasteiger charge is 2.24. The third kappa shape index (κ3) is 6.48. The van der Waals surface area contributed by atoms with Gasteiger partial charge in [-0.05, 0) is 69.2 Å². The third-order valence-electron chi connectivity index (χ3n) is 5.13. The summed E-state index contributed by atoms with van der Waals surface area (Å²) < 4.78 is 35.8. The summed E-state index contributed by atoms with van der Waals surface area (Å²) in [6, 6.07) is 11.9. The van der Waals surface area contributed by atoms with E-state index in [2.05, 4.69) is 0 Å². The molecule has 184 valence electrons. The molecule has 1 saturated heterocycles. The highest BCUT2D eigenvalue weighted by atomic mass is 32.2. The van der Waals surface area contributed by atoms with Crippen molar-refractivity contribution in [3.05, 3.63) is 54.1 Å². The van der Waals surface area contributed by atoms with E-state index in [0.29, 0.717) is 24.2 Å². The number of anilines is 1. The van der Waals surface area contributed by atoms with Gasteiger partial charge in [-0.15, -0.1) is 0 Å². The summed E-state index contributed by atoms with van der Waals surface area (Å²) in [5.74, 6) is 0.0988. The molecule has 0 spiro atoms. The lowest BCUT2D eigenvalue weighted by atomic mass is 10.1. The minimum absolute atomic E-state index is 0.000709. The van der Waals surface area contributed by atoms with E-state index in [9.17, 15) is 23.1 Å². The second-order valence-electron chi connectivity index (χ2n) is 9.13. The molecule has 1 heterocycles. The van der Waals surface area contributed by atoms with Gasteiger partial charge in [0.1, 0.15) is 16.2 Å². The number of aliphatic hydroxyl groups excluding tert-OH is 1. The van der Waals surface area contributed by atoms with Crippen LogP contribution in [0.4, 0.5) is 10.5 Å². The fraction of sp³-hybridized carbons (Fsp3) is 0.417. The number of ether oxygens (including phenoxy) is 1. The summed E-state index contributed by atoms with van der Waals surface area (Å²) in [5, 5.41) is 10.4. The number of carbonyl (C=O) groups is 2. The molecule has 0 radical (unpaired) electrons. The van der Waals surface area contributed by atoms with Crippen molar-refractivity contribution in [1.29, 1.82) is 0 Å². The first-order valence-electron chi connectivity index (χ1n) is 10.9. The van der Waals surface area contributed by atoms with Gasteiger partial charge in [0, 0.05) is 25.7 Å². The van der Waals surface area contributed by atoms with Crippen LogP contribution in [0, 0.1) is 0 Å². The lowest BCUT2D eigenvalue weighted by molar-refractivity contribution is -0.117. The molecule has 9 nitrogen and oxygen atoms in total. The number of hydrogen-bond donors (Lipinski definition) is 1. The summed E-state index contributed by atoms with van der Waals surface area (Å²) >= 11 is 0. The zero-order valence-electron chi connectivity index (χ0n) is 19.7. The summed E-state index contributed by atoms with van der Waals surface area (Å²) in [7, 11) is -2.56. The number of nitrogens with zero attached hydrogens (tertiary/aromatic N) is 2. The molecular weight excluding hydrogens is 460 g/mol. The molecule has 3 rings (SSSR count). The Morgan fingerprint density at radius 3 is 2.26 bits per heavy atom. The molecule has 1 atom stereocenters. The first kappa shape index (κ1) is 25.5. The molecule has 1 unspecified atom stereocenters. The Morgan fingerprint density at radius 1 is 1.12 bits per heavy atom. The molecule has 0 aromatic heterocycles. The van der Waals surface area contributed by atoms with Gasteiger partial charge in [-0.25, -0.2) is 4.79 Å². The van der Waals surface area contributed by atoms with Crippen molar-refractivity contribution in [2.75, 3.05) is 25.0 Å². The van der Waals surface area contributed by atoms with Crippen LogP contribution in [0.1, 0.15) is 45.3 Å². The monoisotopic (exact) mass is 490 g/mol. The van der Waals surface area contributed by atoms with Crippen LogP contribution < -0.4 is 9.08 Å². The number of carbonyl (C=O) groups excluding carboxylic acids is 2. The van der Waals surface area contributed by atoms with Crippen molar-refractivity contribution in [3.8, 4) is 5.75 Å². The van der Waals surface area contributed by atoms with Crippen molar-refractivity contribution < 1.29 is 32.0 Å². The van der Waals surface area contributed by atoms with Gasteiger partial charge >= 0.3 is 16.2 Å². The Morgan fingerprint density at radius 2 is 1.74 bits per heavy atom.